The van der Waals surface area contributed by atoms with Crippen molar-refractivity contribution in [2.75, 3.05) is 31.5 Å². The summed E-state index contributed by atoms with van der Waals surface area (Å²) < 4.78 is 1.15. The van der Waals surface area contributed by atoms with Gasteiger partial charge < -0.3 is 10.2 Å². The van der Waals surface area contributed by atoms with Crippen molar-refractivity contribution < 1.29 is 0 Å². The summed E-state index contributed by atoms with van der Waals surface area (Å²) in [5, 5.41) is 3.47. The number of hydrogen-bond donors (Lipinski definition) is 1. The fourth-order valence-electron chi connectivity index (χ4n) is 2.14. The Morgan fingerprint density at radius 2 is 1.82 bits per heavy atom. The van der Waals surface area contributed by atoms with Crippen LogP contribution in [0, 0.1) is 0 Å². The third kappa shape index (κ3) is 4.86. The van der Waals surface area contributed by atoms with Crippen LogP contribution < -0.4 is 5.32 Å². The van der Waals surface area contributed by atoms with Gasteiger partial charge in [0.05, 0.1) is 0 Å². The van der Waals surface area contributed by atoms with Crippen molar-refractivity contribution in [1.29, 1.82) is 0 Å². The molecule has 0 atom stereocenters. The molecule has 0 spiro atoms. The third-order valence-corrected chi connectivity index (χ3v) is 3.76. The number of nitrogens with zero attached hydrogens (tertiary/aromatic N) is 1. The molecule has 1 aliphatic rings. The van der Waals surface area contributed by atoms with E-state index in [1.165, 1.54) is 38.0 Å². The average molecular weight is 320 g/mol. The van der Waals surface area contributed by atoms with Gasteiger partial charge in [-0.15, -0.1) is 12.4 Å². The highest BCUT2D eigenvalue weighted by Crippen LogP contribution is 2.20. The minimum absolute atomic E-state index is 0. The summed E-state index contributed by atoms with van der Waals surface area (Å²) in [6, 6.07) is 8.29. The van der Waals surface area contributed by atoms with Gasteiger partial charge in [-0.05, 0) is 54.0 Å². The number of anilines is 1. The third-order valence-electron chi connectivity index (χ3n) is 3.07. The Morgan fingerprint density at radius 1 is 1.12 bits per heavy atom. The van der Waals surface area contributed by atoms with Gasteiger partial charge in [-0.3, -0.25) is 0 Å². The molecule has 0 aliphatic carbocycles. The highest BCUT2D eigenvalue weighted by molar-refractivity contribution is 9.10. The number of piperidine rings is 1. The summed E-state index contributed by atoms with van der Waals surface area (Å²) in [6.07, 6.45) is 4.15. The lowest BCUT2D eigenvalue weighted by Crippen LogP contribution is -2.33. The zero-order valence-corrected chi connectivity index (χ0v) is 12.4. The highest BCUT2D eigenvalue weighted by atomic mass is 79.9. The van der Waals surface area contributed by atoms with Crippen LogP contribution in [0.15, 0.2) is 28.7 Å². The van der Waals surface area contributed by atoms with Crippen LogP contribution in [0.2, 0.25) is 0 Å². The van der Waals surface area contributed by atoms with Gasteiger partial charge >= 0.3 is 0 Å². The lowest BCUT2D eigenvalue weighted by molar-refractivity contribution is 0.237. The van der Waals surface area contributed by atoms with E-state index in [0.717, 1.165) is 17.6 Å². The van der Waals surface area contributed by atoms with Crippen molar-refractivity contribution >= 4 is 34.0 Å². The SMILES string of the molecule is Brc1ccccc1NCCN1CCCCC1.Cl. The van der Waals surface area contributed by atoms with Crippen molar-refractivity contribution in [3.63, 3.8) is 0 Å². The molecule has 0 amide bonds. The molecule has 4 heteroatoms. The Kier molecular flexibility index (Phi) is 6.93. The molecule has 0 bridgehead atoms. The molecule has 96 valence electrons. The van der Waals surface area contributed by atoms with Crippen LogP contribution in [-0.4, -0.2) is 31.1 Å². The van der Waals surface area contributed by atoms with Crippen molar-refractivity contribution in [2.45, 2.75) is 19.3 Å². The first-order valence-corrected chi connectivity index (χ1v) is 6.86. The van der Waals surface area contributed by atoms with Gasteiger partial charge in [0.15, 0.2) is 0 Å². The summed E-state index contributed by atoms with van der Waals surface area (Å²) in [6.45, 7) is 4.74. The van der Waals surface area contributed by atoms with E-state index >= 15 is 0 Å². The minimum Gasteiger partial charge on any atom is -0.383 e. The molecule has 17 heavy (non-hydrogen) atoms. The number of para-hydroxylation sites is 1. The molecule has 1 aromatic carbocycles. The summed E-state index contributed by atoms with van der Waals surface area (Å²) in [7, 11) is 0. The van der Waals surface area contributed by atoms with Gasteiger partial charge in [0.25, 0.3) is 0 Å². The van der Waals surface area contributed by atoms with Crippen LogP contribution in [0.1, 0.15) is 19.3 Å². The van der Waals surface area contributed by atoms with Crippen molar-refractivity contribution in [3.05, 3.63) is 28.7 Å². The van der Waals surface area contributed by atoms with E-state index in [-0.39, 0.29) is 12.4 Å². The number of likely N-dealkylation sites (tertiary alicyclic amines) is 1. The smallest absolute Gasteiger partial charge is 0.0485 e. The van der Waals surface area contributed by atoms with Gasteiger partial charge in [0.1, 0.15) is 0 Å². The summed E-state index contributed by atoms with van der Waals surface area (Å²) in [5.74, 6) is 0. The van der Waals surface area contributed by atoms with Gasteiger partial charge in [-0.25, -0.2) is 0 Å². The molecule has 1 fully saturated rings. The van der Waals surface area contributed by atoms with Crippen molar-refractivity contribution in [2.24, 2.45) is 0 Å². The van der Waals surface area contributed by atoms with E-state index in [1.54, 1.807) is 0 Å². The first-order chi connectivity index (χ1) is 7.86. The summed E-state index contributed by atoms with van der Waals surface area (Å²) in [5.41, 5.74) is 1.19. The van der Waals surface area contributed by atoms with Crippen LogP contribution in [0.5, 0.6) is 0 Å². The van der Waals surface area contributed by atoms with Crippen LogP contribution in [0.25, 0.3) is 0 Å². The summed E-state index contributed by atoms with van der Waals surface area (Å²) >= 11 is 3.55. The zero-order valence-electron chi connectivity index (χ0n) is 9.99. The van der Waals surface area contributed by atoms with E-state index in [1.807, 2.05) is 6.07 Å². The Bertz CT molecular complexity index is 327. The second kappa shape index (κ2) is 7.96. The van der Waals surface area contributed by atoms with Gasteiger partial charge in [0.2, 0.25) is 0 Å². The Labute approximate surface area is 118 Å². The van der Waals surface area contributed by atoms with E-state index in [2.05, 4.69) is 44.3 Å². The molecule has 2 rings (SSSR count). The number of benzene rings is 1. The first kappa shape index (κ1) is 14.8. The molecule has 1 aromatic rings. The topological polar surface area (TPSA) is 15.3 Å². The predicted octanol–water partition coefficient (Wildman–Crippen LogP) is 3.77. The van der Waals surface area contributed by atoms with Crippen LogP contribution in [-0.2, 0) is 0 Å². The maximum atomic E-state index is 3.55. The van der Waals surface area contributed by atoms with Crippen molar-refractivity contribution in [1.82, 2.24) is 4.90 Å². The number of rotatable bonds is 4. The molecule has 1 aliphatic heterocycles. The highest BCUT2D eigenvalue weighted by Gasteiger charge is 2.08. The second-order valence-corrected chi connectivity index (χ2v) is 5.16. The quantitative estimate of drug-likeness (QED) is 0.909. The lowest BCUT2D eigenvalue weighted by Gasteiger charge is -2.26. The maximum Gasteiger partial charge on any atom is 0.0485 e. The van der Waals surface area contributed by atoms with E-state index in [0.29, 0.717) is 0 Å². The largest absolute Gasteiger partial charge is 0.383 e. The monoisotopic (exact) mass is 318 g/mol. The average Bonchev–Trinajstić information content (AvgIpc) is 2.33. The molecular formula is C13H20BrClN2. The standard InChI is InChI=1S/C13H19BrN2.ClH/c14-12-6-2-3-7-13(12)15-8-11-16-9-4-1-5-10-16;/h2-3,6-7,15H,1,4-5,8-11H2;1H. The molecular weight excluding hydrogens is 300 g/mol. The van der Waals surface area contributed by atoms with E-state index < -0.39 is 0 Å². The second-order valence-electron chi connectivity index (χ2n) is 4.31. The Hall–Kier alpha value is -0.250. The predicted molar refractivity (Wildman–Crippen MR) is 80.2 cm³/mol. The Morgan fingerprint density at radius 3 is 2.53 bits per heavy atom. The Balaban J connectivity index is 0.00000144. The molecule has 1 saturated heterocycles. The van der Waals surface area contributed by atoms with Gasteiger partial charge in [-0.1, -0.05) is 18.6 Å². The lowest BCUT2D eigenvalue weighted by atomic mass is 10.1. The molecule has 1 N–H and O–H groups in total. The molecule has 2 nitrogen and oxygen atoms in total. The minimum atomic E-state index is 0. The van der Waals surface area contributed by atoms with Crippen LogP contribution in [0.4, 0.5) is 5.69 Å². The van der Waals surface area contributed by atoms with Gasteiger partial charge in [-0.2, -0.15) is 0 Å². The number of halogens is 2. The normalized spacial score (nSPS) is 16.3. The first-order valence-electron chi connectivity index (χ1n) is 6.07. The van der Waals surface area contributed by atoms with Crippen LogP contribution >= 0.6 is 28.3 Å². The number of nitrogens with one attached hydrogen (secondary N) is 1. The molecule has 0 unspecified atom stereocenters. The summed E-state index contributed by atoms with van der Waals surface area (Å²) in [4.78, 5) is 2.55. The zero-order chi connectivity index (χ0) is 11.2. The van der Waals surface area contributed by atoms with Crippen LogP contribution in [0.3, 0.4) is 0 Å². The van der Waals surface area contributed by atoms with E-state index in [9.17, 15) is 0 Å². The van der Waals surface area contributed by atoms with E-state index in [4.69, 9.17) is 0 Å². The van der Waals surface area contributed by atoms with Gasteiger partial charge in [0, 0.05) is 23.2 Å². The molecule has 0 saturated carbocycles. The number of hydrogen-bond acceptors (Lipinski definition) is 2. The molecule has 0 aromatic heterocycles. The van der Waals surface area contributed by atoms with Crippen molar-refractivity contribution in [3.8, 4) is 0 Å². The molecule has 1 heterocycles. The molecule has 0 radical (unpaired) electrons. The fourth-order valence-corrected chi connectivity index (χ4v) is 2.56. The maximum absolute atomic E-state index is 3.55. The fraction of sp³-hybridized carbons (Fsp3) is 0.538.